The van der Waals surface area contributed by atoms with Crippen molar-refractivity contribution in [1.29, 1.82) is 0 Å². The molecule has 5 nitrogen and oxygen atoms in total. The zero-order valence-electron chi connectivity index (χ0n) is 14.9. The lowest BCUT2D eigenvalue weighted by Crippen LogP contribution is -2.44. The van der Waals surface area contributed by atoms with Crippen LogP contribution < -0.4 is 10.2 Å². The average Bonchev–Trinajstić information content (AvgIpc) is 2.67. The molecule has 0 unspecified atom stereocenters. The first-order chi connectivity index (χ1) is 12.5. The SMILES string of the molecule is CN(c1ccc(Cl)c(C(=O)NCC2(O)CCCCC2)c1)c1ccccn1. The van der Waals surface area contributed by atoms with Gasteiger partial charge in [0.1, 0.15) is 5.82 Å². The van der Waals surface area contributed by atoms with E-state index in [1.54, 1.807) is 18.3 Å². The second-order valence-electron chi connectivity index (χ2n) is 6.88. The standard InChI is InChI=1S/C20H24ClN3O2/c1-24(18-7-3-6-12-22-18)15-8-9-17(21)16(13-15)19(25)23-14-20(26)10-4-2-5-11-20/h3,6-9,12-13,26H,2,4-5,10-11,14H2,1H3,(H,23,25). The molecule has 2 N–H and O–H groups in total. The molecule has 1 saturated carbocycles. The number of hydrogen-bond donors (Lipinski definition) is 2. The molecule has 1 aromatic heterocycles. The molecule has 0 atom stereocenters. The van der Waals surface area contributed by atoms with Gasteiger partial charge in [-0.05, 0) is 43.2 Å². The van der Waals surface area contributed by atoms with Gasteiger partial charge in [-0.2, -0.15) is 0 Å². The van der Waals surface area contributed by atoms with Gasteiger partial charge in [0.05, 0.1) is 16.2 Å². The third kappa shape index (κ3) is 4.34. The highest BCUT2D eigenvalue weighted by atomic mass is 35.5. The van der Waals surface area contributed by atoms with Gasteiger partial charge in [0, 0.05) is 25.5 Å². The maximum atomic E-state index is 12.6. The van der Waals surface area contributed by atoms with Crippen LogP contribution in [0, 0.1) is 0 Å². The fraction of sp³-hybridized carbons (Fsp3) is 0.400. The Labute approximate surface area is 159 Å². The van der Waals surface area contributed by atoms with E-state index < -0.39 is 5.60 Å². The van der Waals surface area contributed by atoms with E-state index in [0.29, 0.717) is 10.6 Å². The summed E-state index contributed by atoms with van der Waals surface area (Å²) in [5.74, 6) is 0.503. The van der Waals surface area contributed by atoms with E-state index in [-0.39, 0.29) is 12.5 Å². The van der Waals surface area contributed by atoms with Crippen LogP contribution in [0.3, 0.4) is 0 Å². The maximum Gasteiger partial charge on any atom is 0.252 e. The third-order valence-electron chi connectivity index (χ3n) is 4.94. The first kappa shape index (κ1) is 18.7. The highest BCUT2D eigenvalue weighted by Crippen LogP contribution is 2.29. The molecule has 1 aliphatic carbocycles. The normalized spacial score (nSPS) is 16.1. The van der Waals surface area contributed by atoms with Crippen LogP contribution >= 0.6 is 11.6 Å². The van der Waals surface area contributed by atoms with E-state index in [9.17, 15) is 9.90 Å². The summed E-state index contributed by atoms with van der Waals surface area (Å²) < 4.78 is 0. The minimum Gasteiger partial charge on any atom is -0.388 e. The van der Waals surface area contributed by atoms with Gasteiger partial charge in [0.2, 0.25) is 0 Å². The van der Waals surface area contributed by atoms with Crippen LogP contribution in [0.5, 0.6) is 0 Å². The average molecular weight is 374 g/mol. The van der Waals surface area contributed by atoms with E-state index in [1.807, 2.05) is 36.2 Å². The molecule has 0 aliphatic heterocycles. The number of aromatic nitrogens is 1. The zero-order valence-corrected chi connectivity index (χ0v) is 15.7. The minimum atomic E-state index is -0.803. The molecule has 3 rings (SSSR count). The number of aliphatic hydroxyl groups is 1. The number of nitrogens with zero attached hydrogens (tertiary/aromatic N) is 2. The second kappa shape index (κ2) is 8.06. The summed E-state index contributed by atoms with van der Waals surface area (Å²) in [7, 11) is 1.89. The number of carbonyl (C=O) groups excluding carboxylic acids is 1. The summed E-state index contributed by atoms with van der Waals surface area (Å²) >= 11 is 6.24. The van der Waals surface area contributed by atoms with Gasteiger partial charge in [-0.1, -0.05) is 36.9 Å². The lowest BCUT2D eigenvalue weighted by Gasteiger charge is -2.32. The Morgan fingerprint density at radius 3 is 2.73 bits per heavy atom. The minimum absolute atomic E-state index is 0.252. The summed E-state index contributed by atoms with van der Waals surface area (Å²) in [6.07, 6.45) is 6.31. The predicted molar refractivity (Wildman–Crippen MR) is 104 cm³/mol. The van der Waals surface area contributed by atoms with E-state index in [4.69, 9.17) is 11.6 Å². The maximum absolute atomic E-state index is 12.6. The molecule has 1 amide bonds. The van der Waals surface area contributed by atoms with Gasteiger partial charge in [0.25, 0.3) is 5.91 Å². The Bertz CT molecular complexity index is 761. The Kier molecular flexibility index (Phi) is 5.79. The molecule has 138 valence electrons. The molecule has 1 aliphatic rings. The van der Waals surface area contributed by atoms with Gasteiger partial charge in [0.15, 0.2) is 0 Å². The summed E-state index contributed by atoms with van der Waals surface area (Å²) in [5, 5.41) is 13.8. The highest BCUT2D eigenvalue weighted by molar-refractivity contribution is 6.34. The number of hydrogen-bond acceptors (Lipinski definition) is 4. The summed E-state index contributed by atoms with van der Waals surface area (Å²) in [4.78, 5) is 18.8. The van der Waals surface area contributed by atoms with Crippen molar-refractivity contribution < 1.29 is 9.90 Å². The fourth-order valence-corrected chi connectivity index (χ4v) is 3.51. The van der Waals surface area contributed by atoms with E-state index in [1.165, 1.54) is 0 Å². The first-order valence-corrected chi connectivity index (χ1v) is 9.31. The van der Waals surface area contributed by atoms with Crippen LogP contribution in [0.2, 0.25) is 5.02 Å². The van der Waals surface area contributed by atoms with Crippen molar-refractivity contribution in [3.63, 3.8) is 0 Å². The lowest BCUT2D eigenvalue weighted by molar-refractivity contribution is 0.00526. The molecule has 26 heavy (non-hydrogen) atoms. The van der Waals surface area contributed by atoms with Crippen molar-refractivity contribution in [1.82, 2.24) is 10.3 Å². The van der Waals surface area contributed by atoms with E-state index in [0.717, 1.165) is 43.6 Å². The van der Waals surface area contributed by atoms with Crippen molar-refractivity contribution in [2.75, 3.05) is 18.5 Å². The second-order valence-corrected chi connectivity index (χ2v) is 7.29. The molecule has 6 heteroatoms. The third-order valence-corrected chi connectivity index (χ3v) is 5.27. The highest BCUT2D eigenvalue weighted by Gasteiger charge is 2.29. The Morgan fingerprint density at radius 1 is 1.27 bits per heavy atom. The van der Waals surface area contributed by atoms with Crippen LogP contribution in [-0.2, 0) is 0 Å². The molecule has 1 fully saturated rings. The molecule has 0 bridgehead atoms. The molecule has 0 saturated heterocycles. The summed E-state index contributed by atoms with van der Waals surface area (Å²) in [6, 6.07) is 11.0. The fourth-order valence-electron chi connectivity index (χ4n) is 3.31. The number of nitrogens with one attached hydrogen (secondary N) is 1. The Balaban J connectivity index is 1.73. The zero-order chi connectivity index (χ0) is 18.6. The van der Waals surface area contributed by atoms with Crippen LogP contribution in [0.25, 0.3) is 0 Å². The van der Waals surface area contributed by atoms with Crippen molar-refractivity contribution in [2.24, 2.45) is 0 Å². The van der Waals surface area contributed by atoms with Gasteiger partial charge in [-0.3, -0.25) is 4.79 Å². The van der Waals surface area contributed by atoms with Gasteiger partial charge < -0.3 is 15.3 Å². The van der Waals surface area contributed by atoms with Crippen LogP contribution in [0.4, 0.5) is 11.5 Å². The number of amides is 1. The number of rotatable bonds is 5. The molecule has 1 heterocycles. The van der Waals surface area contributed by atoms with Crippen molar-refractivity contribution >= 4 is 29.0 Å². The molecular weight excluding hydrogens is 350 g/mol. The lowest BCUT2D eigenvalue weighted by atomic mass is 9.85. The van der Waals surface area contributed by atoms with Gasteiger partial charge >= 0.3 is 0 Å². The number of anilines is 2. The number of benzene rings is 1. The number of halogens is 1. The van der Waals surface area contributed by atoms with Crippen molar-refractivity contribution in [3.05, 3.63) is 53.2 Å². The van der Waals surface area contributed by atoms with Crippen molar-refractivity contribution in [2.45, 2.75) is 37.7 Å². The van der Waals surface area contributed by atoms with E-state index >= 15 is 0 Å². The summed E-state index contributed by atoms with van der Waals surface area (Å²) in [6.45, 7) is 0.252. The molecule has 1 aromatic carbocycles. The first-order valence-electron chi connectivity index (χ1n) is 8.93. The number of carbonyl (C=O) groups is 1. The monoisotopic (exact) mass is 373 g/mol. The van der Waals surface area contributed by atoms with Crippen LogP contribution in [-0.4, -0.2) is 35.2 Å². The molecule has 2 aromatic rings. The molecular formula is C20H24ClN3O2. The quantitative estimate of drug-likeness (QED) is 0.833. The topological polar surface area (TPSA) is 65.5 Å². The smallest absolute Gasteiger partial charge is 0.252 e. The van der Waals surface area contributed by atoms with Gasteiger partial charge in [-0.15, -0.1) is 0 Å². The Hall–Kier alpha value is -2.11. The van der Waals surface area contributed by atoms with Crippen LogP contribution in [0.1, 0.15) is 42.5 Å². The molecule has 0 radical (unpaired) electrons. The predicted octanol–water partition coefficient (Wildman–Crippen LogP) is 3.93. The Morgan fingerprint density at radius 2 is 2.04 bits per heavy atom. The van der Waals surface area contributed by atoms with E-state index in [2.05, 4.69) is 10.3 Å². The molecule has 0 spiro atoms. The van der Waals surface area contributed by atoms with Gasteiger partial charge in [-0.25, -0.2) is 4.98 Å². The largest absolute Gasteiger partial charge is 0.388 e. The number of pyridine rings is 1. The summed E-state index contributed by atoms with van der Waals surface area (Å²) in [5.41, 5.74) is 0.406. The van der Waals surface area contributed by atoms with Crippen LogP contribution in [0.15, 0.2) is 42.6 Å². The van der Waals surface area contributed by atoms with Crippen molar-refractivity contribution in [3.8, 4) is 0 Å².